The molecule has 18 heavy (non-hydrogen) atoms. The molecule has 2 aromatic rings. The highest BCUT2D eigenvalue weighted by Crippen LogP contribution is 2.28. The van der Waals surface area contributed by atoms with Gasteiger partial charge in [0.2, 0.25) is 5.95 Å². The Morgan fingerprint density at radius 2 is 2.06 bits per heavy atom. The van der Waals surface area contributed by atoms with E-state index in [-0.39, 0.29) is 0 Å². The summed E-state index contributed by atoms with van der Waals surface area (Å²) in [5, 5.41) is 0.713. The molecule has 1 saturated carbocycles. The van der Waals surface area contributed by atoms with E-state index in [4.69, 9.17) is 17.3 Å². The lowest BCUT2D eigenvalue weighted by Crippen LogP contribution is -2.15. The van der Waals surface area contributed by atoms with E-state index in [1.807, 2.05) is 18.2 Å². The van der Waals surface area contributed by atoms with Crippen LogP contribution in [0.3, 0.4) is 0 Å². The number of halogens is 1. The van der Waals surface area contributed by atoms with Gasteiger partial charge in [0, 0.05) is 11.6 Å². The lowest BCUT2D eigenvalue weighted by molar-refractivity contribution is 0.323. The first kappa shape index (κ1) is 11.8. The molecule has 96 valence electrons. The summed E-state index contributed by atoms with van der Waals surface area (Å²) in [6.07, 6.45) is 6.71. The fourth-order valence-corrected chi connectivity index (χ4v) is 3.11. The SMILES string of the molecule is Nc1nc2cc(Cl)ccc2n1CC1CCCCC1. The summed E-state index contributed by atoms with van der Waals surface area (Å²) >= 11 is 5.98. The largest absolute Gasteiger partial charge is 0.369 e. The van der Waals surface area contributed by atoms with E-state index in [1.54, 1.807) is 0 Å². The van der Waals surface area contributed by atoms with Crippen molar-refractivity contribution in [3.05, 3.63) is 23.2 Å². The fourth-order valence-electron chi connectivity index (χ4n) is 2.94. The van der Waals surface area contributed by atoms with Gasteiger partial charge in [0.15, 0.2) is 0 Å². The molecule has 1 aliphatic carbocycles. The van der Waals surface area contributed by atoms with E-state index in [0.717, 1.165) is 23.5 Å². The van der Waals surface area contributed by atoms with Gasteiger partial charge < -0.3 is 10.3 Å². The molecule has 0 aliphatic heterocycles. The Balaban J connectivity index is 1.92. The summed E-state index contributed by atoms with van der Waals surface area (Å²) in [6, 6.07) is 5.80. The van der Waals surface area contributed by atoms with E-state index >= 15 is 0 Å². The van der Waals surface area contributed by atoms with Gasteiger partial charge in [0.1, 0.15) is 0 Å². The van der Waals surface area contributed by atoms with Gasteiger partial charge >= 0.3 is 0 Å². The van der Waals surface area contributed by atoms with Crippen LogP contribution in [0.5, 0.6) is 0 Å². The summed E-state index contributed by atoms with van der Waals surface area (Å²) in [6.45, 7) is 0.990. The van der Waals surface area contributed by atoms with Gasteiger partial charge in [-0.25, -0.2) is 4.98 Å². The molecule has 1 fully saturated rings. The zero-order chi connectivity index (χ0) is 12.5. The molecule has 0 amide bonds. The number of anilines is 1. The maximum Gasteiger partial charge on any atom is 0.201 e. The molecule has 4 heteroatoms. The summed E-state index contributed by atoms with van der Waals surface area (Å²) in [5.41, 5.74) is 8.03. The van der Waals surface area contributed by atoms with Crippen LogP contribution < -0.4 is 5.73 Å². The number of benzene rings is 1. The maximum atomic E-state index is 6.03. The Labute approximate surface area is 112 Å². The van der Waals surface area contributed by atoms with E-state index < -0.39 is 0 Å². The van der Waals surface area contributed by atoms with Crippen LogP contribution in [0.1, 0.15) is 32.1 Å². The first-order valence-electron chi connectivity index (χ1n) is 6.65. The van der Waals surface area contributed by atoms with E-state index in [9.17, 15) is 0 Å². The summed E-state index contributed by atoms with van der Waals surface area (Å²) in [7, 11) is 0. The zero-order valence-electron chi connectivity index (χ0n) is 10.4. The van der Waals surface area contributed by atoms with Crippen LogP contribution in [0, 0.1) is 5.92 Å². The third-order valence-corrected chi connectivity index (χ3v) is 4.14. The second-order valence-electron chi connectivity index (χ2n) is 5.22. The predicted octanol–water partition coefficient (Wildman–Crippen LogP) is 3.85. The van der Waals surface area contributed by atoms with Gasteiger partial charge in [-0.3, -0.25) is 0 Å². The van der Waals surface area contributed by atoms with Crippen LogP contribution in [0.2, 0.25) is 5.02 Å². The van der Waals surface area contributed by atoms with Gasteiger partial charge in [-0.15, -0.1) is 0 Å². The second kappa shape index (κ2) is 4.81. The molecule has 0 radical (unpaired) electrons. The maximum absolute atomic E-state index is 6.03. The Morgan fingerprint density at radius 1 is 1.28 bits per heavy atom. The molecule has 1 aliphatic rings. The molecular weight excluding hydrogens is 246 g/mol. The molecule has 2 N–H and O–H groups in total. The number of aromatic nitrogens is 2. The van der Waals surface area contributed by atoms with Gasteiger partial charge in [-0.2, -0.15) is 0 Å². The van der Waals surface area contributed by atoms with E-state index in [1.165, 1.54) is 32.1 Å². The molecule has 0 bridgehead atoms. The van der Waals surface area contributed by atoms with Crippen molar-refractivity contribution in [1.82, 2.24) is 9.55 Å². The minimum Gasteiger partial charge on any atom is -0.369 e. The average Bonchev–Trinajstić information content (AvgIpc) is 2.66. The van der Waals surface area contributed by atoms with Crippen molar-refractivity contribution < 1.29 is 0 Å². The minimum absolute atomic E-state index is 0.609. The Morgan fingerprint density at radius 3 is 2.83 bits per heavy atom. The lowest BCUT2D eigenvalue weighted by Gasteiger charge is -2.22. The first-order chi connectivity index (χ1) is 8.74. The molecule has 1 aromatic heterocycles. The molecule has 1 aromatic carbocycles. The molecule has 0 spiro atoms. The molecule has 0 atom stereocenters. The topological polar surface area (TPSA) is 43.8 Å². The predicted molar refractivity (Wildman–Crippen MR) is 75.7 cm³/mol. The van der Waals surface area contributed by atoms with Crippen LogP contribution in [0.15, 0.2) is 18.2 Å². The number of nitrogens with zero attached hydrogens (tertiary/aromatic N) is 2. The number of nitrogens with two attached hydrogens (primary N) is 1. The Bertz CT molecular complexity index is 555. The highest BCUT2D eigenvalue weighted by molar-refractivity contribution is 6.31. The zero-order valence-corrected chi connectivity index (χ0v) is 11.2. The van der Waals surface area contributed by atoms with Gasteiger partial charge in [0.25, 0.3) is 0 Å². The first-order valence-corrected chi connectivity index (χ1v) is 7.03. The molecule has 3 nitrogen and oxygen atoms in total. The van der Waals surface area contributed by atoms with E-state index in [2.05, 4.69) is 9.55 Å². The number of hydrogen-bond donors (Lipinski definition) is 1. The number of hydrogen-bond acceptors (Lipinski definition) is 2. The minimum atomic E-state index is 0.609. The second-order valence-corrected chi connectivity index (χ2v) is 5.65. The Hall–Kier alpha value is -1.22. The quantitative estimate of drug-likeness (QED) is 0.894. The normalized spacial score (nSPS) is 17.4. The molecule has 0 unspecified atom stereocenters. The van der Waals surface area contributed by atoms with Gasteiger partial charge in [-0.05, 0) is 37.0 Å². The van der Waals surface area contributed by atoms with Crippen molar-refractivity contribution >= 4 is 28.6 Å². The molecule has 3 rings (SSSR count). The summed E-state index contributed by atoms with van der Waals surface area (Å²) in [5.74, 6) is 1.35. The van der Waals surface area contributed by atoms with Crippen LogP contribution in [-0.2, 0) is 6.54 Å². The van der Waals surface area contributed by atoms with Crippen molar-refractivity contribution in [2.75, 3.05) is 5.73 Å². The van der Waals surface area contributed by atoms with Gasteiger partial charge in [-0.1, -0.05) is 30.9 Å². The number of fused-ring (bicyclic) bond motifs is 1. The summed E-state index contributed by atoms with van der Waals surface area (Å²) in [4.78, 5) is 4.40. The van der Waals surface area contributed by atoms with Crippen molar-refractivity contribution in [1.29, 1.82) is 0 Å². The molecular formula is C14H18ClN3. The van der Waals surface area contributed by atoms with Gasteiger partial charge in [0.05, 0.1) is 11.0 Å². The lowest BCUT2D eigenvalue weighted by atomic mass is 9.89. The van der Waals surface area contributed by atoms with Crippen LogP contribution in [-0.4, -0.2) is 9.55 Å². The fraction of sp³-hybridized carbons (Fsp3) is 0.500. The molecule has 0 saturated heterocycles. The highest BCUT2D eigenvalue weighted by Gasteiger charge is 2.17. The van der Waals surface area contributed by atoms with Crippen molar-refractivity contribution in [3.8, 4) is 0 Å². The highest BCUT2D eigenvalue weighted by atomic mass is 35.5. The third kappa shape index (κ3) is 2.19. The smallest absolute Gasteiger partial charge is 0.201 e. The third-order valence-electron chi connectivity index (χ3n) is 3.91. The Kier molecular flexibility index (Phi) is 3.16. The monoisotopic (exact) mass is 263 g/mol. The van der Waals surface area contributed by atoms with E-state index in [0.29, 0.717) is 11.0 Å². The average molecular weight is 264 g/mol. The number of rotatable bonds is 2. The van der Waals surface area contributed by atoms with Crippen LogP contribution in [0.25, 0.3) is 11.0 Å². The summed E-state index contributed by atoms with van der Waals surface area (Å²) < 4.78 is 2.14. The molecule has 1 heterocycles. The van der Waals surface area contributed by atoms with Crippen molar-refractivity contribution in [3.63, 3.8) is 0 Å². The number of nitrogen functional groups attached to an aromatic ring is 1. The standard InChI is InChI=1S/C14H18ClN3/c15-11-6-7-13-12(8-11)17-14(16)18(13)9-10-4-2-1-3-5-10/h6-8,10H,1-5,9H2,(H2,16,17). The van der Waals surface area contributed by atoms with Crippen LogP contribution >= 0.6 is 11.6 Å². The van der Waals surface area contributed by atoms with Crippen molar-refractivity contribution in [2.24, 2.45) is 5.92 Å². The number of imidazole rings is 1. The van der Waals surface area contributed by atoms with Crippen LogP contribution in [0.4, 0.5) is 5.95 Å². The van der Waals surface area contributed by atoms with Crippen molar-refractivity contribution in [2.45, 2.75) is 38.6 Å².